The van der Waals surface area contributed by atoms with E-state index in [1.165, 1.54) is 50.3 Å². The number of benzene rings is 1. The Morgan fingerprint density at radius 3 is 2.67 bits per heavy atom. The largest absolute Gasteiger partial charge is 0.484 e. The van der Waals surface area contributed by atoms with Crippen molar-refractivity contribution in [3.05, 3.63) is 29.0 Å². The second-order valence-electron chi connectivity index (χ2n) is 11.2. The molecule has 0 spiro atoms. The summed E-state index contributed by atoms with van der Waals surface area (Å²) in [5.41, 5.74) is 3.49. The molecule has 1 aromatic carbocycles. The number of fused-ring (bicyclic) bond motifs is 2. The number of hydrazine groups is 1. The van der Waals surface area contributed by atoms with Crippen molar-refractivity contribution < 1.29 is 18.7 Å². The number of nitrogens with one attached hydrogen (secondary N) is 3. The molecule has 2 unspecified atom stereocenters. The maximum Gasteiger partial charge on any atom is 0.258 e. The third kappa shape index (κ3) is 5.65. The van der Waals surface area contributed by atoms with Gasteiger partial charge in [0.05, 0.1) is 5.02 Å². The minimum Gasteiger partial charge on any atom is -0.484 e. The summed E-state index contributed by atoms with van der Waals surface area (Å²) in [5, 5.41) is 8.54. The highest BCUT2D eigenvalue weighted by molar-refractivity contribution is 6.30. The molecule has 4 saturated carbocycles. The van der Waals surface area contributed by atoms with Crippen LogP contribution in [-0.2, 0) is 9.59 Å². The van der Waals surface area contributed by atoms with Crippen molar-refractivity contribution >= 4 is 23.4 Å². The van der Waals surface area contributed by atoms with Gasteiger partial charge in [0.25, 0.3) is 5.91 Å². The zero-order valence-corrected chi connectivity index (χ0v) is 21.7. The van der Waals surface area contributed by atoms with Crippen molar-refractivity contribution in [3.63, 3.8) is 0 Å². The number of likely N-dealkylation sites (N-methyl/N-ethyl adjacent to an activating group) is 1. The predicted octanol–water partition coefficient (Wildman–Crippen LogP) is 3.52. The average molecular weight is 521 g/mol. The van der Waals surface area contributed by atoms with E-state index in [0.717, 1.165) is 25.3 Å². The maximum atomic E-state index is 13.6. The number of carbonyl (C=O) groups excluding carboxylic acids is 2. The first-order chi connectivity index (χ1) is 17.4. The lowest BCUT2D eigenvalue weighted by molar-refractivity contribution is -0.136. The first-order valence-corrected chi connectivity index (χ1v) is 13.9. The monoisotopic (exact) mass is 520 g/mol. The van der Waals surface area contributed by atoms with Crippen LogP contribution in [0, 0.1) is 35.4 Å². The van der Waals surface area contributed by atoms with Gasteiger partial charge in [0.1, 0.15) is 11.6 Å². The number of halogens is 2. The van der Waals surface area contributed by atoms with Crippen molar-refractivity contribution in [2.75, 3.05) is 26.7 Å². The van der Waals surface area contributed by atoms with Crippen LogP contribution < -0.4 is 20.8 Å². The first-order valence-electron chi connectivity index (χ1n) is 13.5. The van der Waals surface area contributed by atoms with Gasteiger partial charge in [0.2, 0.25) is 5.91 Å². The molecule has 5 aliphatic rings. The molecule has 0 aromatic heterocycles. The van der Waals surface area contributed by atoms with E-state index in [4.69, 9.17) is 16.3 Å². The number of amides is 2. The average Bonchev–Trinajstić information content (AvgIpc) is 3.23. The molecule has 4 atom stereocenters. The van der Waals surface area contributed by atoms with Gasteiger partial charge in [-0.1, -0.05) is 43.7 Å². The number of hydrogen-bond acceptors (Lipinski definition) is 5. The smallest absolute Gasteiger partial charge is 0.258 e. The third-order valence-corrected chi connectivity index (χ3v) is 9.42. The van der Waals surface area contributed by atoms with Crippen LogP contribution in [0.2, 0.25) is 5.02 Å². The molecule has 2 amide bonds. The molecular weight excluding hydrogens is 483 g/mol. The molecule has 36 heavy (non-hydrogen) atoms. The van der Waals surface area contributed by atoms with Gasteiger partial charge in [-0.3, -0.25) is 15.0 Å². The Morgan fingerprint density at radius 1 is 1.14 bits per heavy atom. The van der Waals surface area contributed by atoms with Gasteiger partial charge in [0, 0.05) is 44.2 Å². The summed E-state index contributed by atoms with van der Waals surface area (Å²) < 4.78 is 19.0. The topological polar surface area (TPSA) is 82.7 Å². The molecule has 198 valence electrons. The summed E-state index contributed by atoms with van der Waals surface area (Å²) >= 11 is 5.69. The highest BCUT2D eigenvalue weighted by atomic mass is 35.5. The Morgan fingerprint density at radius 2 is 1.92 bits per heavy atom. The van der Waals surface area contributed by atoms with Gasteiger partial charge < -0.3 is 15.4 Å². The Kier molecular flexibility index (Phi) is 8.03. The Bertz CT molecular complexity index is 953. The highest BCUT2D eigenvalue weighted by Crippen LogP contribution is 2.49. The van der Waals surface area contributed by atoms with Crippen LogP contribution >= 0.6 is 11.6 Å². The second kappa shape index (κ2) is 11.2. The zero-order valence-electron chi connectivity index (χ0n) is 21.0. The van der Waals surface area contributed by atoms with E-state index in [9.17, 15) is 14.0 Å². The van der Waals surface area contributed by atoms with Crippen molar-refractivity contribution in [3.8, 4) is 5.75 Å². The van der Waals surface area contributed by atoms with Crippen LogP contribution in [-0.4, -0.2) is 55.7 Å². The number of nitrogens with zero attached hydrogens (tertiary/aromatic N) is 1. The number of ether oxygens (including phenoxy) is 1. The van der Waals surface area contributed by atoms with E-state index >= 15 is 0 Å². The molecule has 1 aromatic rings. The van der Waals surface area contributed by atoms with Crippen LogP contribution in [0.25, 0.3) is 0 Å². The lowest BCUT2D eigenvalue weighted by atomic mass is 9.57. The lowest BCUT2D eigenvalue weighted by Crippen LogP contribution is -2.57. The van der Waals surface area contributed by atoms with Crippen molar-refractivity contribution in [2.45, 2.75) is 63.5 Å². The molecule has 5 fully saturated rings. The van der Waals surface area contributed by atoms with E-state index in [1.807, 2.05) is 0 Å². The van der Waals surface area contributed by atoms with E-state index < -0.39 is 5.82 Å². The summed E-state index contributed by atoms with van der Waals surface area (Å²) in [6.07, 6.45) is 9.20. The van der Waals surface area contributed by atoms with Gasteiger partial charge >= 0.3 is 0 Å². The third-order valence-electron chi connectivity index (χ3n) is 9.11. The van der Waals surface area contributed by atoms with E-state index in [-0.39, 0.29) is 41.2 Å². The molecule has 9 heteroatoms. The Hall–Kier alpha value is -1.90. The molecule has 4 aliphatic carbocycles. The van der Waals surface area contributed by atoms with E-state index in [1.54, 1.807) is 0 Å². The molecule has 1 aliphatic heterocycles. The van der Waals surface area contributed by atoms with E-state index in [0.29, 0.717) is 36.8 Å². The van der Waals surface area contributed by atoms with Gasteiger partial charge in [-0.25, -0.2) is 9.40 Å². The van der Waals surface area contributed by atoms with Crippen LogP contribution in [0.4, 0.5) is 4.39 Å². The first kappa shape index (κ1) is 25.7. The van der Waals surface area contributed by atoms with Crippen molar-refractivity contribution in [1.82, 2.24) is 21.1 Å². The number of hydrogen-bond donors (Lipinski definition) is 3. The maximum absolute atomic E-state index is 13.6. The standard InChI is InChI=1S/C27H38ClFN4O3/c1-33-25(21(13-31-33)16-5-3-2-4-6-16)14-30-27(35)20-12-24(18-9-17(20)10-18)32-26(34)15-36-19-7-8-22(28)23(29)11-19/h7-8,11,16-18,20-21,24-25,31H,2-6,9-10,12-15H2,1H3,(H,30,35)(H,32,34)/t17?,18?,20-,21?,24+,25?/m1/s1. The molecule has 3 N–H and O–H groups in total. The fourth-order valence-electron chi connectivity index (χ4n) is 6.94. The lowest BCUT2D eigenvalue weighted by Gasteiger charge is -2.50. The molecule has 0 radical (unpaired) electrons. The molecule has 1 heterocycles. The van der Waals surface area contributed by atoms with Crippen LogP contribution in [0.15, 0.2) is 18.2 Å². The van der Waals surface area contributed by atoms with Gasteiger partial charge in [-0.05, 0) is 55.1 Å². The fourth-order valence-corrected chi connectivity index (χ4v) is 7.06. The van der Waals surface area contributed by atoms with Gasteiger partial charge in [-0.15, -0.1) is 0 Å². The van der Waals surface area contributed by atoms with E-state index in [2.05, 4.69) is 28.1 Å². The van der Waals surface area contributed by atoms with Crippen LogP contribution in [0.1, 0.15) is 51.4 Å². The minimum atomic E-state index is -0.583. The van der Waals surface area contributed by atoms with Crippen molar-refractivity contribution in [1.29, 1.82) is 0 Å². The Balaban J connectivity index is 1.10. The molecular formula is C27H38ClFN4O3. The Labute approximate surface area is 217 Å². The van der Waals surface area contributed by atoms with Gasteiger partial charge in [-0.2, -0.15) is 0 Å². The highest BCUT2D eigenvalue weighted by Gasteiger charge is 2.49. The molecule has 2 bridgehead atoms. The normalized spacial score (nSPS) is 32.5. The zero-order chi connectivity index (χ0) is 25.2. The quantitative estimate of drug-likeness (QED) is 0.488. The van der Waals surface area contributed by atoms with Crippen LogP contribution in [0.5, 0.6) is 5.75 Å². The summed E-state index contributed by atoms with van der Waals surface area (Å²) in [6, 6.07) is 4.39. The fraction of sp³-hybridized carbons (Fsp3) is 0.704. The molecule has 6 rings (SSSR count). The molecule has 1 saturated heterocycles. The summed E-state index contributed by atoms with van der Waals surface area (Å²) in [6.45, 7) is 1.46. The molecule has 7 nitrogen and oxygen atoms in total. The summed E-state index contributed by atoms with van der Waals surface area (Å²) in [7, 11) is 2.09. The van der Waals surface area contributed by atoms with Gasteiger partial charge in [0.15, 0.2) is 6.61 Å². The summed E-state index contributed by atoms with van der Waals surface area (Å²) in [4.78, 5) is 25.8. The second-order valence-corrected chi connectivity index (χ2v) is 11.6. The van der Waals surface area contributed by atoms with Crippen molar-refractivity contribution in [2.24, 2.45) is 29.6 Å². The summed E-state index contributed by atoms with van der Waals surface area (Å²) in [5.74, 6) is 1.61. The number of carbonyl (C=O) groups is 2. The predicted molar refractivity (Wildman–Crippen MR) is 136 cm³/mol. The van der Waals surface area contributed by atoms with Crippen LogP contribution in [0.3, 0.4) is 0 Å². The number of rotatable bonds is 8. The SMILES string of the molecule is CN1NCC(C2CCCCC2)C1CNC(=O)[C@@H]1C[C@H](NC(=O)COc2ccc(Cl)c(F)c2)C2CC1C2. The minimum absolute atomic E-state index is 0.0122.